The van der Waals surface area contributed by atoms with Gasteiger partial charge in [0.15, 0.2) is 5.70 Å². The van der Waals surface area contributed by atoms with Crippen LogP contribution in [0.15, 0.2) is 45.4 Å². The van der Waals surface area contributed by atoms with Crippen LogP contribution in [0.4, 0.5) is 5.82 Å². The zero-order chi connectivity index (χ0) is 16.1. The van der Waals surface area contributed by atoms with Gasteiger partial charge in [0.05, 0.1) is 29.1 Å². The van der Waals surface area contributed by atoms with Gasteiger partial charge < -0.3 is 20.2 Å². The molecule has 2 aliphatic rings. The summed E-state index contributed by atoms with van der Waals surface area (Å²) < 4.78 is 11.0. The molecule has 3 N–H and O–H groups in total. The van der Waals surface area contributed by atoms with Crippen LogP contribution >= 0.6 is 0 Å². The molecule has 2 aromatic rings. The zero-order valence-corrected chi connectivity index (χ0v) is 12.2. The maximum absolute atomic E-state index is 12.1. The molecule has 1 atom stereocenters. The summed E-state index contributed by atoms with van der Waals surface area (Å²) in [6.07, 6.45) is 1.55. The smallest absolute Gasteiger partial charge is 0.336 e. The number of hydrogen-bond donors (Lipinski definition) is 2. The number of ether oxygens (including phenoxy) is 1. The van der Waals surface area contributed by atoms with Crippen molar-refractivity contribution in [2.24, 2.45) is 0 Å². The molecule has 2 aliphatic heterocycles. The molecule has 0 radical (unpaired) electrons. The van der Waals surface area contributed by atoms with E-state index in [1.54, 1.807) is 25.3 Å². The van der Waals surface area contributed by atoms with Crippen molar-refractivity contribution in [1.29, 1.82) is 0 Å². The predicted octanol–water partition coefficient (Wildman–Crippen LogP) is 2.06. The Bertz CT molecular complexity index is 961. The first-order valence-electron chi connectivity index (χ1n) is 6.99. The van der Waals surface area contributed by atoms with E-state index in [9.17, 15) is 4.79 Å². The molecule has 0 amide bonds. The molecule has 0 spiro atoms. The van der Waals surface area contributed by atoms with Gasteiger partial charge in [-0.2, -0.15) is 0 Å². The molecule has 0 aliphatic carbocycles. The number of nitrogens with two attached hydrogens (primary N) is 1. The Hall–Kier alpha value is -3.27. The van der Waals surface area contributed by atoms with Crippen LogP contribution < -0.4 is 11.1 Å². The topological polar surface area (TPSA) is 94.7 Å². The van der Waals surface area contributed by atoms with Crippen LogP contribution in [-0.4, -0.2) is 17.6 Å². The molecule has 4 rings (SSSR count). The average Bonchev–Trinajstić information content (AvgIpc) is 3.11. The molecule has 4 heterocycles. The Balaban J connectivity index is 1.95. The second-order valence-electron chi connectivity index (χ2n) is 5.41. The van der Waals surface area contributed by atoms with Crippen molar-refractivity contribution in [1.82, 2.24) is 10.3 Å². The molecule has 0 aromatic carbocycles. The number of rotatable bonds is 1. The van der Waals surface area contributed by atoms with Crippen molar-refractivity contribution in [3.05, 3.63) is 58.2 Å². The van der Waals surface area contributed by atoms with Crippen LogP contribution in [0.2, 0.25) is 0 Å². The number of carbonyl (C=O) groups excluding carboxylic acids is 1. The molecule has 114 valence electrons. The minimum absolute atomic E-state index is 0.178. The lowest BCUT2D eigenvalue weighted by atomic mass is 9.88. The molecule has 0 fully saturated rings. The Morgan fingerprint density at radius 1 is 1.52 bits per heavy atom. The molecule has 7 nitrogen and oxygen atoms in total. The number of furan rings is 1. The Morgan fingerprint density at radius 2 is 2.35 bits per heavy atom. The van der Waals surface area contributed by atoms with Crippen molar-refractivity contribution in [2.45, 2.75) is 12.8 Å². The summed E-state index contributed by atoms with van der Waals surface area (Å²) >= 11 is 0. The molecule has 0 saturated carbocycles. The highest BCUT2D eigenvalue weighted by atomic mass is 16.5. The fraction of sp³-hybridized carbons (Fsp3) is 0.188. The molecule has 0 saturated heterocycles. The number of nitrogens with one attached hydrogen (secondary N) is 1. The molecule has 2 aromatic heterocycles. The van der Waals surface area contributed by atoms with Crippen LogP contribution in [0.1, 0.15) is 18.6 Å². The van der Waals surface area contributed by atoms with Gasteiger partial charge in [-0.25, -0.2) is 14.6 Å². The van der Waals surface area contributed by atoms with E-state index < -0.39 is 11.9 Å². The van der Waals surface area contributed by atoms with Crippen molar-refractivity contribution in [2.75, 3.05) is 12.3 Å². The number of esters is 1. The minimum Gasteiger partial charge on any atom is -0.461 e. The summed E-state index contributed by atoms with van der Waals surface area (Å²) in [4.78, 5) is 19.7. The minimum atomic E-state index is -0.592. The average molecular weight is 308 g/mol. The van der Waals surface area contributed by atoms with Crippen LogP contribution in [0.3, 0.4) is 0 Å². The van der Waals surface area contributed by atoms with E-state index in [0.717, 1.165) is 0 Å². The third-order valence-electron chi connectivity index (χ3n) is 4.08. The maximum atomic E-state index is 12.1. The number of allylic oxidation sites excluding steroid dienone is 2. The summed E-state index contributed by atoms with van der Waals surface area (Å²) in [5, 5.41) is 3.74. The first-order valence-corrected chi connectivity index (χ1v) is 6.99. The van der Waals surface area contributed by atoms with Gasteiger partial charge in [-0.3, -0.25) is 0 Å². The van der Waals surface area contributed by atoms with Gasteiger partial charge in [0.2, 0.25) is 0 Å². The molecular formula is C16H12N4O3. The van der Waals surface area contributed by atoms with E-state index in [-0.39, 0.29) is 6.61 Å². The quantitative estimate of drug-likeness (QED) is 0.618. The number of nitrogens with zero attached hydrogens (tertiary/aromatic N) is 2. The van der Waals surface area contributed by atoms with E-state index in [1.165, 1.54) is 0 Å². The highest BCUT2D eigenvalue weighted by Gasteiger charge is 2.41. The monoisotopic (exact) mass is 308 g/mol. The molecular weight excluding hydrogens is 296 g/mol. The van der Waals surface area contributed by atoms with Gasteiger partial charge >= 0.3 is 5.97 Å². The number of anilines is 1. The second kappa shape index (κ2) is 4.61. The Kier molecular flexibility index (Phi) is 2.69. The molecule has 0 bridgehead atoms. The number of carbonyl (C=O) groups is 1. The van der Waals surface area contributed by atoms with Gasteiger partial charge in [-0.15, -0.1) is 0 Å². The van der Waals surface area contributed by atoms with E-state index in [0.29, 0.717) is 45.2 Å². The SMILES string of the molecule is [C-]#[N+]C1=C(C)NC2=C(C(=O)OC2)[C@H]1c1cc2c(N)nccc2o1. The van der Waals surface area contributed by atoms with E-state index in [2.05, 4.69) is 15.1 Å². The van der Waals surface area contributed by atoms with Gasteiger partial charge in [-0.05, 0) is 19.1 Å². The summed E-state index contributed by atoms with van der Waals surface area (Å²) in [5.41, 5.74) is 8.64. The number of fused-ring (bicyclic) bond motifs is 1. The van der Waals surface area contributed by atoms with Gasteiger partial charge in [0.25, 0.3) is 0 Å². The molecule has 23 heavy (non-hydrogen) atoms. The summed E-state index contributed by atoms with van der Waals surface area (Å²) in [5.74, 6) is -0.194. The van der Waals surface area contributed by atoms with Gasteiger partial charge in [-0.1, -0.05) is 0 Å². The third-order valence-corrected chi connectivity index (χ3v) is 4.08. The number of aromatic nitrogens is 1. The maximum Gasteiger partial charge on any atom is 0.336 e. The van der Waals surface area contributed by atoms with E-state index >= 15 is 0 Å². The van der Waals surface area contributed by atoms with Crippen molar-refractivity contribution < 1.29 is 13.9 Å². The highest BCUT2D eigenvalue weighted by molar-refractivity contribution is 5.95. The fourth-order valence-electron chi connectivity index (χ4n) is 3.03. The number of pyridine rings is 1. The number of cyclic esters (lactones) is 1. The number of nitrogen functional groups attached to an aromatic ring is 1. The van der Waals surface area contributed by atoms with Crippen LogP contribution in [0.25, 0.3) is 15.8 Å². The molecule has 0 unspecified atom stereocenters. The summed E-state index contributed by atoms with van der Waals surface area (Å²) in [6, 6.07) is 3.44. The lowest BCUT2D eigenvalue weighted by molar-refractivity contribution is -0.136. The predicted molar refractivity (Wildman–Crippen MR) is 81.6 cm³/mol. The lowest BCUT2D eigenvalue weighted by Gasteiger charge is -2.22. The van der Waals surface area contributed by atoms with Crippen molar-refractivity contribution in [3.63, 3.8) is 0 Å². The standard InChI is InChI=1S/C16H12N4O3/c1-7-14(18-2)13(12-9(20-7)6-22-16(12)21)11-5-8-10(23-11)3-4-19-15(8)17/h3-5,13,20H,6H2,1H3,(H2,17,19)/t13-/m1/s1. The van der Waals surface area contributed by atoms with E-state index in [4.69, 9.17) is 21.5 Å². The third kappa shape index (κ3) is 1.82. The summed E-state index contributed by atoms with van der Waals surface area (Å²) in [6.45, 7) is 9.45. The first kappa shape index (κ1) is 13.4. The summed E-state index contributed by atoms with van der Waals surface area (Å²) in [7, 11) is 0. The zero-order valence-electron chi connectivity index (χ0n) is 12.2. The number of dihydropyridines is 1. The van der Waals surface area contributed by atoms with E-state index in [1.807, 2.05) is 0 Å². The van der Waals surface area contributed by atoms with Gasteiger partial charge in [0, 0.05) is 11.9 Å². The number of hydrogen-bond acceptors (Lipinski definition) is 6. The van der Waals surface area contributed by atoms with Crippen LogP contribution in [-0.2, 0) is 9.53 Å². The van der Waals surface area contributed by atoms with Crippen LogP contribution in [0.5, 0.6) is 0 Å². The highest BCUT2D eigenvalue weighted by Crippen LogP contribution is 2.43. The van der Waals surface area contributed by atoms with Gasteiger partial charge in [0.1, 0.15) is 23.8 Å². The lowest BCUT2D eigenvalue weighted by Crippen LogP contribution is -2.24. The van der Waals surface area contributed by atoms with Crippen LogP contribution in [0, 0.1) is 6.57 Å². The Labute approximate surface area is 131 Å². The van der Waals surface area contributed by atoms with Crippen molar-refractivity contribution in [3.8, 4) is 0 Å². The first-order chi connectivity index (χ1) is 11.1. The Morgan fingerprint density at radius 3 is 3.09 bits per heavy atom. The molecule has 7 heteroatoms. The largest absolute Gasteiger partial charge is 0.461 e. The second-order valence-corrected chi connectivity index (χ2v) is 5.41. The normalized spacial score (nSPS) is 20.3. The van der Waals surface area contributed by atoms with Crippen molar-refractivity contribution >= 4 is 22.8 Å². The fourth-order valence-corrected chi connectivity index (χ4v) is 3.03.